The second kappa shape index (κ2) is 8.77. The second-order valence-electron chi connectivity index (χ2n) is 6.41. The van der Waals surface area contributed by atoms with Crippen LogP contribution in [0.3, 0.4) is 0 Å². The molecule has 6 nitrogen and oxygen atoms in total. The molecule has 1 amide bonds. The van der Waals surface area contributed by atoms with Gasteiger partial charge in [-0.1, -0.05) is 25.4 Å². The Balaban J connectivity index is 2.09. The van der Waals surface area contributed by atoms with E-state index in [2.05, 4.69) is 10.1 Å². The number of hydrogen-bond acceptors (Lipinski definition) is 5. The Morgan fingerprint density at radius 1 is 1.23 bits per heavy atom. The number of carboxylic acids is 1. The van der Waals surface area contributed by atoms with Crippen LogP contribution in [0.1, 0.15) is 20.3 Å². The van der Waals surface area contributed by atoms with E-state index in [0.29, 0.717) is 16.5 Å². The molecule has 142 valence electrons. The van der Waals surface area contributed by atoms with Crippen LogP contribution in [0, 0.1) is 23.7 Å². The summed E-state index contributed by atoms with van der Waals surface area (Å²) in [6.45, 7) is 3.74. The van der Waals surface area contributed by atoms with Gasteiger partial charge in [0, 0.05) is 15.7 Å². The van der Waals surface area contributed by atoms with E-state index in [1.807, 2.05) is 13.8 Å². The molecule has 1 aliphatic carbocycles. The summed E-state index contributed by atoms with van der Waals surface area (Å²) in [5.41, 5.74) is 0.560. The summed E-state index contributed by atoms with van der Waals surface area (Å²) in [5.74, 6) is -2.36. The molecule has 1 aromatic carbocycles. The van der Waals surface area contributed by atoms with Crippen molar-refractivity contribution in [2.75, 3.05) is 18.2 Å². The fourth-order valence-corrected chi connectivity index (χ4v) is 4.43. The van der Waals surface area contributed by atoms with Crippen molar-refractivity contribution in [3.63, 3.8) is 0 Å². The highest BCUT2D eigenvalue weighted by Gasteiger charge is 2.53. The summed E-state index contributed by atoms with van der Waals surface area (Å²) < 4.78 is 4.61. The average Bonchev–Trinajstić information content (AvgIpc) is 2.59. The molecule has 4 atom stereocenters. The maximum atomic E-state index is 12.6. The molecule has 1 aliphatic rings. The van der Waals surface area contributed by atoms with Gasteiger partial charge in [0.2, 0.25) is 5.91 Å². The summed E-state index contributed by atoms with van der Waals surface area (Å²) >= 11 is 7.41. The molecule has 2 rings (SSSR count). The van der Waals surface area contributed by atoms with Crippen molar-refractivity contribution in [2.24, 2.45) is 23.7 Å². The number of methoxy groups -OCH3 is 1. The van der Waals surface area contributed by atoms with Crippen LogP contribution in [0.15, 0.2) is 23.1 Å². The van der Waals surface area contributed by atoms with Crippen molar-refractivity contribution in [2.45, 2.75) is 25.2 Å². The van der Waals surface area contributed by atoms with Crippen molar-refractivity contribution in [1.29, 1.82) is 0 Å². The molecule has 0 aliphatic heterocycles. The molecule has 2 unspecified atom stereocenters. The molecule has 0 aromatic heterocycles. The fraction of sp³-hybridized carbons (Fsp3) is 0.500. The molecule has 0 spiro atoms. The van der Waals surface area contributed by atoms with Gasteiger partial charge in [0.1, 0.15) is 0 Å². The van der Waals surface area contributed by atoms with E-state index in [4.69, 9.17) is 11.6 Å². The molecular formula is C18H22ClNO5S. The maximum absolute atomic E-state index is 12.6. The highest BCUT2D eigenvalue weighted by molar-refractivity contribution is 7.99. The summed E-state index contributed by atoms with van der Waals surface area (Å²) in [7, 11) is 1.33. The molecule has 0 heterocycles. The molecule has 2 N–H and O–H groups in total. The predicted octanol–water partition coefficient (Wildman–Crippen LogP) is 3.54. The van der Waals surface area contributed by atoms with Gasteiger partial charge in [-0.2, -0.15) is 0 Å². The summed E-state index contributed by atoms with van der Waals surface area (Å²) in [6.07, 6.45) is 0.235. The van der Waals surface area contributed by atoms with Gasteiger partial charge in [-0.25, -0.2) is 0 Å². The number of anilines is 1. The van der Waals surface area contributed by atoms with Crippen LogP contribution in [0.2, 0.25) is 5.02 Å². The number of carbonyl (C=O) groups is 3. The van der Waals surface area contributed by atoms with Gasteiger partial charge in [-0.05, 0) is 30.0 Å². The van der Waals surface area contributed by atoms with Crippen LogP contribution >= 0.6 is 23.4 Å². The minimum Gasteiger partial charge on any atom is -0.481 e. The summed E-state index contributed by atoms with van der Waals surface area (Å²) in [5, 5.41) is 12.7. The second-order valence-corrected chi connectivity index (χ2v) is 7.99. The first-order valence-corrected chi connectivity index (χ1v) is 9.65. The Morgan fingerprint density at radius 3 is 2.50 bits per heavy atom. The van der Waals surface area contributed by atoms with Gasteiger partial charge in [0.25, 0.3) is 0 Å². The zero-order valence-electron chi connectivity index (χ0n) is 14.8. The highest BCUT2D eigenvalue weighted by atomic mass is 35.5. The number of halogens is 1. The van der Waals surface area contributed by atoms with Crippen LogP contribution in [-0.4, -0.2) is 35.8 Å². The van der Waals surface area contributed by atoms with Crippen molar-refractivity contribution < 1.29 is 24.2 Å². The standard InChI is InChI=1S/C18H22ClNO5S/c1-9-10(2)16(18(23)24)15(9)17(22)20-12-5-4-11(19)8-13(12)26-7-6-14(21)25-3/h4-5,8-10,15-16H,6-7H2,1-3H3,(H,20,22)(H,23,24)/t9?,10?,15-,16+/m1/s1. The van der Waals surface area contributed by atoms with E-state index in [9.17, 15) is 19.5 Å². The van der Waals surface area contributed by atoms with Crippen LogP contribution in [0.25, 0.3) is 0 Å². The number of rotatable bonds is 7. The van der Waals surface area contributed by atoms with Crippen molar-refractivity contribution in [3.05, 3.63) is 23.2 Å². The van der Waals surface area contributed by atoms with E-state index in [0.717, 1.165) is 4.90 Å². The zero-order valence-corrected chi connectivity index (χ0v) is 16.4. The number of nitrogens with one attached hydrogen (secondary N) is 1. The lowest BCUT2D eigenvalue weighted by Crippen LogP contribution is -2.53. The van der Waals surface area contributed by atoms with E-state index < -0.39 is 17.8 Å². The molecule has 1 fully saturated rings. The van der Waals surface area contributed by atoms with E-state index in [-0.39, 0.29) is 30.1 Å². The number of benzene rings is 1. The number of amides is 1. The highest BCUT2D eigenvalue weighted by Crippen LogP contribution is 2.46. The quantitative estimate of drug-likeness (QED) is 0.538. The van der Waals surface area contributed by atoms with Gasteiger partial charge in [0.05, 0.1) is 31.1 Å². The number of carboxylic acid groups (broad SMARTS) is 1. The Kier molecular flexibility index (Phi) is 6.94. The van der Waals surface area contributed by atoms with E-state index in [1.165, 1.54) is 18.9 Å². The Labute approximate surface area is 161 Å². The first-order valence-electron chi connectivity index (χ1n) is 8.29. The molecule has 0 saturated heterocycles. The average molecular weight is 400 g/mol. The van der Waals surface area contributed by atoms with Crippen molar-refractivity contribution in [1.82, 2.24) is 0 Å². The molecule has 1 aromatic rings. The lowest BCUT2D eigenvalue weighted by molar-refractivity contribution is -0.162. The monoisotopic (exact) mass is 399 g/mol. The van der Waals surface area contributed by atoms with Crippen LogP contribution < -0.4 is 5.32 Å². The van der Waals surface area contributed by atoms with E-state index in [1.54, 1.807) is 18.2 Å². The molecule has 1 saturated carbocycles. The molecule has 26 heavy (non-hydrogen) atoms. The largest absolute Gasteiger partial charge is 0.481 e. The van der Waals surface area contributed by atoms with Crippen LogP contribution in [0.4, 0.5) is 5.69 Å². The van der Waals surface area contributed by atoms with Crippen molar-refractivity contribution in [3.8, 4) is 0 Å². The number of ether oxygens (including phenoxy) is 1. The third kappa shape index (κ3) is 4.51. The number of hydrogen-bond donors (Lipinski definition) is 2. The fourth-order valence-electron chi connectivity index (χ4n) is 3.22. The molecule has 0 radical (unpaired) electrons. The normalized spacial score (nSPS) is 24.5. The van der Waals surface area contributed by atoms with Gasteiger partial charge in [0.15, 0.2) is 0 Å². The Morgan fingerprint density at radius 2 is 1.88 bits per heavy atom. The first-order chi connectivity index (χ1) is 12.3. The number of aliphatic carboxylic acids is 1. The minimum atomic E-state index is -0.945. The third-order valence-electron chi connectivity index (χ3n) is 4.93. The molecule has 8 heteroatoms. The van der Waals surface area contributed by atoms with Gasteiger partial charge in [-0.3, -0.25) is 14.4 Å². The number of carbonyl (C=O) groups excluding carboxylic acids is 2. The molecular weight excluding hydrogens is 378 g/mol. The minimum absolute atomic E-state index is 0.00109. The SMILES string of the molecule is COC(=O)CCSc1cc(Cl)ccc1NC(=O)[C@@H]1C(C)C(C)[C@@H]1C(=O)O. The maximum Gasteiger partial charge on any atom is 0.307 e. The van der Waals surface area contributed by atoms with Gasteiger partial charge < -0.3 is 15.2 Å². The third-order valence-corrected chi connectivity index (χ3v) is 6.22. The van der Waals surface area contributed by atoms with Crippen LogP contribution in [-0.2, 0) is 19.1 Å². The number of thioether (sulfide) groups is 1. The van der Waals surface area contributed by atoms with Crippen LogP contribution in [0.5, 0.6) is 0 Å². The van der Waals surface area contributed by atoms with Gasteiger partial charge >= 0.3 is 11.9 Å². The zero-order chi connectivity index (χ0) is 19.4. The lowest BCUT2D eigenvalue weighted by Gasteiger charge is -2.45. The van der Waals surface area contributed by atoms with E-state index >= 15 is 0 Å². The lowest BCUT2D eigenvalue weighted by atomic mass is 9.57. The van der Waals surface area contributed by atoms with Gasteiger partial charge in [-0.15, -0.1) is 11.8 Å². The van der Waals surface area contributed by atoms with Crippen molar-refractivity contribution >= 4 is 46.9 Å². The smallest absolute Gasteiger partial charge is 0.307 e. The number of esters is 1. The first kappa shape index (κ1) is 20.6. The molecule has 0 bridgehead atoms. The summed E-state index contributed by atoms with van der Waals surface area (Å²) in [4.78, 5) is 36.0. The Hall–Kier alpha value is -1.73. The predicted molar refractivity (Wildman–Crippen MR) is 100 cm³/mol. The topological polar surface area (TPSA) is 92.7 Å². The Bertz CT molecular complexity index is 711. The summed E-state index contributed by atoms with van der Waals surface area (Å²) in [6, 6.07) is 5.05.